The van der Waals surface area contributed by atoms with Gasteiger partial charge in [-0.3, -0.25) is 9.48 Å². The van der Waals surface area contributed by atoms with E-state index in [9.17, 15) is 9.90 Å². The molecule has 1 unspecified atom stereocenters. The normalized spacial score (nSPS) is 17.1. The number of nitrogens with one attached hydrogen (secondary N) is 1. The van der Waals surface area contributed by atoms with Crippen molar-refractivity contribution < 1.29 is 9.90 Å². The number of halogens is 1. The Bertz CT molecular complexity index is 736. The largest absolute Gasteiger partial charge is 0.373 e. The Balaban J connectivity index is 1.74. The molecule has 0 bridgehead atoms. The van der Waals surface area contributed by atoms with Crippen LogP contribution in [0.4, 0.5) is 0 Å². The minimum atomic E-state index is -0.833. The number of aliphatic hydroxyl groups excluding tert-OH is 1. The average Bonchev–Trinajstić information content (AvgIpc) is 2.85. The Hall–Kier alpha value is -1.85. The number of carbonyl (C=O) groups is 1. The summed E-state index contributed by atoms with van der Waals surface area (Å²) in [5.41, 5.74) is 1.95. The monoisotopic (exact) mass is 361 g/mol. The summed E-state index contributed by atoms with van der Waals surface area (Å²) in [7, 11) is 1.84. The van der Waals surface area contributed by atoms with E-state index in [2.05, 4.69) is 10.4 Å². The van der Waals surface area contributed by atoms with Gasteiger partial charge in [0.1, 0.15) is 6.23 Å². The van der Waals surface area contributed by atoms with Gasteiger partial charge in [0.25, 0.3) is 5.91 Å². The number of aliphatic hydroxyl groups is 1. The van der Waals surface area contributed by atoms with Crippen molar-refractivity contribution in [3.8, 4) is 11.3 Å². The second-order valence-electron chi connectivity index (χ2n) is 6.74. The van der Waals surface area contributed by atoms with Crippen LogP contribution in [0.15, 0.2) is 30.5 Å². The molecule has 0 radical (unpaired) electrons. The smallest absolute Gasteiger partial charge is 0.254 e. The number of aromatic nitrogens is 2. The molecule has 134 valence electrons. The molecule has 1 aliphatic carbocycles. The van der Waals surface area contributed by atoms with Crippen molar-refractivity contribution in [3.05, 3.63) is 41.0 Å². The number of rotatable bonds is 4. The first-order valence-corrected chi connectivity index (χ1v) is 9.21. The Kier molecular flexibility index (Phi) is 5.76. The topological polar surface area (TPSA) is 67.2 Å². The van der Waals surface area contributed by atoms with Gasteiger partial charge in [0.15, 0.2) is 0 Å². The van der Waals surface area contributed by atoms with Crippen molar-refractivity contribution in [1.82, 2.24) is 15.1 Å². The summed E-state index contributed by atoms with van der Waals surface area (Å²) in [6.07, 6.45) is 7.53. The van der Waals surface area contributed by atoms with Gasteiger partial charge < -0.3 is 10.4 Å². The lowest BCUT2D eigenvalue weighted by atomic mass is 9.98. The summed E-state index contributed by atoms with van der Waals surface area (Å²) in [5.74, 6) is -0.233. The molecule has 6 heteroatoms. The molecule has 25 heavy (non-hydrogen) atoms. The number of benzene rings is 1. The van der Waals surface area contributed by atoms with E-state index in [-0.39, 0.29) is 11.8 Å². The van der Waals surface area contributed by atoms with E-state index in [1.807, 2.05) is 25.4 Å². The summed E-state index contributed by atoms with van der Waals surface area (Å²) < 4.78 is 1.71. The van der Waals surface area contributed by atoms with Crippen LogP contribution in [0, 0.1) is 5.92 Å². The molecule has 0 saturated heterocycles. The first kappa shape index (κ1) is 18.0. The van der Waals surface area contributed by atoms with Crippen LogP contribution in [-0.2, 0) is 7.05 Å². The first-order valence-electron chi connectivity index (χ1n) is 8.83. The lowest BCUT2D eigenvalue weighted by Gasteiger charge is -2.22. The average molecular weight is 362 g/mol. The Labute approximate surface area is 153 Å². The molecule has 2 N–H and O–H groups in total. The van der Waals surface area contributed by atoms with E-state index in [4.69, 9.17) is 11.6 Å². The highest BCUT2D eigenvalue weighted by molar-refractivity contribution is 6.34. The van der Waals surface area contributed by atoms with Crippen LogP contribution in [0.5, 0.6) is 0 Å². The molecule has 3 rings (SSSR count). The minimum absolute atomic E-state index is 0.115. The number of aryl methyl sites for hydroxylation is 1. The third kappa shape index (κ3) is 4.41. The third-order valence-corrected chi connectivity index (χ3v) is 5.18. The predicted molar refractivity (Wildman–Crippen MR) is 98.3 cm³/mol. The molecule has 1 aromatic carbocycles. The van der Waals surface area contributed by atoms with Crippen molar-refractivity contribution in [2.75, 3.05) is 0 Å². The van der Waals surface area contributed by atoms with E-state index < -0.39 is 6.23 Å². The van der Waals surface area contributed by atoms with Crippen LogP contribution in [0.25, 0.3) is 11.3 Å². The van der Waals surface area contributed by atoms with Gasteiger partial charge >= 0.3 is 0 Å². The van der Waals surface area contributed by atoms with Crippen LogP contribution in [0.3, 0.4) is 0 Å². The van der Waals surface area contributed by atoms with Crippen molar-refractivity contribution >= 4 is 17.5 Å². The van der Waals surface area contributed by atoms with E-state index in [1.165, 1.54) is 12.8 Å². The Morgan fingerprint density at radius 2 is 2.00 bits per heavy atom. The molecule has 0 aliphatic heterocycles. The number of hydrogen-bond donors (Lipinski definition) is 2. The maximum Gasteiger partial charge on any atom is 0.254 e. The molecular weight excluding hydrogens is 338 g/mol. The number of amides is 1. The lowest BCUT2D eigenvalue weighted by Crippen LogP contribution is -2.40. The number of hydrogen-bond acceptors (Lipinski definition) is 3. The standard InChI is InChI=1S/C19H24ClN3O2/c1-23-11-10-17(22-23)14-8-9-16(20)15(12-14)19(25)21-18(24)13-6-4-2-3-5-7-13/h8-13,18,24H,2-7H2,1H3,(H,21,25). The number of nitrogens with zero attached hydrogens (tertiary/aromatic N) is 2. The zero-order valence-corrected chi connectivity index (χ0v) is 15.2. The van der Waals surface area contributed by atoms with Gasteiger partial charge in [-0.05, 0) is 31.0 Å². The maximum atomic E-state index is 12.6. The van der Waals surface area contributed by atoms with Gasteiger partial charge in [0.2, 0.25) is 0 Å². The fraction of sp³-hybridized carbons (Fsp3) is 0.474. The van der Waals surface area contributed by atoms with Crippen molar-refractivity contribution in [2.24, 2.45) is 13.0 Å². The van der Waals surface area contributed by atoms with Crippen molar-refractivity contribution in [3.63, 3.8) is 0 Å². The van der Waals surface area contributed by atoms with Crippen LogP contribution >= 0.6 is 11.6 Å². The molecule has 2 aromatic rings. The van der Waals surface area contributed by atoms with Crippen LogP contribution < -0.4 is 5.32 Å². The molecule has 1 heterocycles. The molecule has 5 nitrogen and oxygen atoms in total. The minimum Gasteiger partial charge on any atom is -0.373 e. The van der Waals surface area contributed by atoms with Gasteiger partial charge in [0.05, 0.1) is 16.3 Å². The van der Waals surface area contributed by atoms with Crippen LogP contribution in [-0.4, -0.2) is 27.0 Å². The van der Waals surface area contributed by atoms with Gasteiger partial charge in [-0.15, -0.1) is 0 Å². The molecule has 1 fully saturated rings. The summed E-state index contributed by atoms with van der Waals surface area (Å²) >= 11 is 6.21. The molecule has 1 saturated carbocycles. The highest BCUT2D eigenvalue weighted by Crippen LogP contribution is 2.27. The molecule has 1 amide bonds. The quantitative estimate of drug-likeness (QED) is 0.643. The molecule has 1 atom stereocenters. The van der Waals surface area contributed by atoms with Gasteiger partial charge in [-0.2, -0.15) is 5.10 Å². The van der Waals surface area contributed by atoms with Crippen LogP contribution in [0.2, 0.25) is 5.02 Å². The molecule has 0 spiro atoms. The zero-order valence-electron chi connectivity index (χ0n) is 14.4. The Morgan fingerprint density at radius 1 is 1.28 bits per heavy atom. The second-order valence-corrected chi connectivity index (χ2v) is 7.15. The van der Waals surface area contributed by atoms with Gasteiger partial charge in [-0.25, -0.2) is 0 Å². The van der Waals surface area contributed by atoms with Crippen LogP contribution in [0.1, 0.15) is 48.9 Å². The number of carbonyl (C=O) groups excluding carboxylic acids is 1. The van der Waals surface area contributed by atoms with Gasteiger partial charge in [0, 0.05) is 24.7 Å². The van der Waals surface area contributed by atoms with E-state index >= 15 is 0 Å². The van der Waals surface area contributed by atoms with E-state index in [1.54, 1.807) is 16.8 Å². The Morgan fingerprint density at radius 3 is 2.64 bits per heavy atom. The lowest BCUT2D eigenvalue weighted by molar-refractivity contribution is 0.0532. The molecule has 1 aliphatic rings. The second kappa shape index (κ2) is 8.02. The highest BCUT2D eigenvalue weighted by Gasteiger charge is 2.23. The van der Waals surface area contributed by atoms with Gasteiger partial charge in [-0.1, -0.05) is 43.4 Å². The third-order valence-electron chi connectivity index (χ3n) is 4.85. The highest BCUT2D eigenvalue weighted by atomic mass is 35.5. The van der Waals surface area contributed by atoms with Crippen molar-refractivity contribution in [1.29, 1.82) is 0 Å². The maximum absolute atomic E-state index is 12.6. The molecular formula is C19H24ClN3O2. The van der Waals surface area contributed by atoms with Crippen molar-refractivity contribution in [2.45, 2.75) is 44.8 Å². The molecule has 1 aromatic heterocycles. The zero-order chi connectivity index (χ0) is 17.8. The summed E-state index contributed by atoms with van der Waals surface area (Å²) in [6.45, 7) is 0. The van der Waals surface area contributed by atoms with E-state index in [0.29, 0.717) is 10.6 Å². The first-order chi connectivity index (χ1) is 12.0. The SMILES string of the molecule is Cn1ccc(-c2ccc(Cl)c(C(=O)NC(O)C3CCCCCC3)c2)n1. The summed E-state index contributed by atoms with van der Waals surface area (Å²) in [6, 6.07) is 7.13. The summed E-state index contributed by atoms with van der Waals surface area (Å²) in [4.78, 5) is 12.6. The fourth-order valence-electron chi connectivity index (χ4n) is 3.38. The predicted octanol–water partition coefficient (Wildman–Crippen LogP) is 3.76. The van der Waals surface area contributed by atoms with E-state index in [0.717, 1.165) is 36.9 Å². The fourth-order valence-corrected chi connectivity index (χ4v) is 3.59. The summed E-state index contributed by atoms with van der Waals surface area (Å²) in [5, 5.41) is 17.9.